The van der Waals surface area contributed by atoms with Crippen LogP contribution in [0.15, 0.2) is 72.8 Å². The van der Waals surface area contributed by atoms with Crippen LogP contribution in [0.3, 0.4) is 0 Å². The molecule has 0 bridgehead atoms. The molecule has 1 unspecified atom stereocenters. The summed E-state index contributed by atoms with van der Waals surface area (Å²) in [5.74, 6) is -0.0424. The lowest BCUT2D eigenvalue weighted by atomic mass is 9.74. The summed E-state index contributed by atoms with van der Waals surface area (Å²) in [5, 5.41) is 4.44. The van der Waals surface area contributed by atoms with Gasteiger partial charge in [-0.1, -0.05) is 77.8 Å². The van der Waals surface area contributed by atoms with Crippen molar-refractivity contribution in [3.8, 4) is 0 Å². The van der Waals surface area contributed by atoms with Gasteiger partial charge in [-0.25, -0.2) is 8.42 Å². The molecule has 40 heavy (non-hydrogen) atoms. The fourth-order valence-electron chi connectivity index (χ4n) is 5.67. The average Bonchev–Trinajstić information content (AvgIpc) is 3.26. The number of carbonyl (C=O) groups excluding carboxylic acids is 1. The topological polar surface area (TPSA) is 79.0 Å². The Hall–Kier alpha value is -2.62. The normalized spacial score (nSPS) is 17.2. The molecule has 1 N–H and O–H groups in total. The molecule has 212 valence electrons. The predicted molar refractivity (Wildman–Crippen MR) is 159 cm³/mol. The first-order valence-electron chi connectivity index (χ1n) is 13.3. The zero-order valence-corrected chi connectivity index (χ0v) is 24.7. The van der Waals surface area contributed by atoms with Crippen LogP contribution < -0.4 is 9.62 Å². The van der Waals surface area contributed by atoms with Crippen molar-refractivity contribution in [2.24, 2.45) is 0 Å². The number of amides is 1. The van der Waals surface area contributed by atoms with Crippen LogP contribution >= 0.6 is 23.2 Å². The maximum absolute atomic E-state index is 13.8. The highest BCUT2D eigenvalue weighted by Crippen LogP contribution is 2.47. The maximum atomic E-state index is 13.8. The van der Waals surface area contributed by atoms with Gasteiger partial charge in [0.2, 0.25) is 15.9 Å². The van der Waals surface area contributed by atoms with Crippen molar-refractivity contribution in [1.82, 2.24) is 10.2 Å². The van der Waals surface area contributed by atoms with Crippen LogP contribution in [0.5, 0.6) is 0 Å². The van der Waals surface area contributed by atoms with Gasteiger partial charge in [0.15, 0.2) is 0 Å². The first-order valence-corrected chi connectivity index (χ1v) is 15.9. The third kappa shape index (κ3) is 6.31. The van der Waals surface area contributed by atoms with E-state index >= 15 is 0 Å². The minimum atomic E-state index is -3.40. The Labute approximate surface area is 246 Å². The van der Waals surface area contributed by atoms with Crippen LogP contribution in [-0.4, -0.2) is 57.8 Å². The lowest BCUT2D eigenvalue weighted by Crippen LogP contribution is -2.54. The molecular formula is C30H33Cl2N3O4S. The number of rotatable bonds is 9. The number of benzene rings is 3. The summed E-state index contributed by atoms with van der Waals surface area (Å²) in [6.07, 6.45) is 2.62. The van der Waals surface area contributed by atoms with Gasteiger partial charge in [0.25, 0.3) is 0 Å². The van der Waals surface area contributed by atoms with E-state index in [1.54, 1.807) is 12.1 Å². The van der Waals surface area contributed by atoms with Crippen molar-refractivity contribution in [3.05, 3.63) is 99.5 Å². The fraction of sp³-hybridized carbons (Fsp3) is 0.367. The van der Waals surface area contributed by atoms with Gasteiger partial charge < -0.3 is 9.64 Å². The average molecular weight is 603 g/mol. The number of para-hydroxylation sites is 1. The summed E-state index contributed by atoms with van der Waals surface area (Å²) in [6, 6.07) is 22.3. The van der Waals surface area contributed by atoms with Crippen molar-refractivity contribution < 1.29 is 17.9 Å². The highest BCUT2D eigenvalue weighted by Gasteiger charge is 2.47. The Morgan fingerprint density at radius 2 is 1.73 bits per heavy atom. The van der Waals surface area contributed by atoms with Crippen LogP contribution in [0.1, 0.15) is 29.5 Å². The van der Waals surface area contributed by atoms with Crippen molar-refractivity contribution in [2.45, 2.75) is 37.5 Å². The van der Waals surface area contributed by atoms with Gasteiger partial charge in [-0.15, -0.1) is 0 Å². The van der Waals surface area contributed by atoms with Gasteiger partial charge in [0.1, 0.15) is 6.04 Å². The molecule has 0 aromatic heterocycles. The number of nitrogens with zero attached hydrogens (tertiary/aromatic N) is 2. The maximum Gasteiger partial charge on any atom is 0.242 e. The monoisotopic (exact) mass is 601 g/mol. The minimum absolute atomic E-state index is 0.0424. The number of halogens is 2. The van der Waals surface area contributed by atoms with Gasteiger partial charge in [0.05, 0.1) is 25.2 Å². The van der Waals surface area contributed by atoms with Crippen molar-refractivity contribution in [3.63, 3.8) is 0 Å². The standard InChI is InChI=1S/C30H33Cl2N3O4S/c1-40(37,38)35-21-30(25-9-5-6-10-28(25)35)13-15-34(16-14-30)29(36)27(20-39-19-22-7-3-2-4-8-22)33-18-23-11-12-24(31)17-26(23)32/h2-12,17,27,33H,13-16,18-21H2,1H3. The van der Waals surface area contributed by atoms with Crippen LogP contribution in [0.2, 0.25) is 10.0 Å². The lowest BCUT2D eigenvalue weighted by molar-refractivity contribution is -0.136. The number of anilines is 1. The number of nitrogens with one attached hydrogen (secondary N) is 1. The summed E-state index contributed by atoms with van der Waals surface area (Å²) >= 11 is 12.4. The molecule has 5 rings (SSSR count). The molecule has 7 nitrogen and oxygen atoms in total. The Kier molecular flexibility index (Phi) is 8.73. The lowest BCUT2D eigenvalue weighted by Gasteiger charge is -2.41. The van der Waals surface area contributed by atoms with Crippen LogP contribution in [0.4, 0.5) is 5.69 Å². The number of piperidine rings is 1. The van der Waals surface area contributed by atoms with E-state index in [0.717, 1.165) is 22.4 Å². The Morgan fingerprint density at radius 1 is 1.02 bits per heavy atom. The van der Waals surface area contributed by atoms with Crippen molar-refractivity contribution in [1.29, 1.82) is 0 Å². The smallest absolute Gasteiger partial charge is 0.242 e. The third-order valence-corrected chi connectivity index (χ3v) is 9.58. The quantitative estimate of drug-likeness (QED) is 0.373. The highest BCUT2D eigenvalue weighted by atomic mass is 35.5. The van der Waals surface area contributed by atoms with Crippen LogP contribution in [-0.2, 0) is 38.1 Å². The Morgan fingerprint density at radius 3 is 2.42 bits per heavy atom. The number of hydrogen-bond acceptors (Lipinski definition) is 5. The number of fused-ring (bicyclic) bond motifs is 2. The molecule has 1 atom stereocenters. The molecule has 3 aromatic carbocycles. The largest absolute Gasteiger partial charge is 0.375 e. The van der Waals surface area contributed by atoms with Crippen LogP contribution in [0, 0.1) is 0 Å². The third-order valence-electron chi connectivity index (χ3n) is 7.87. The molecule has 0 aliphatic carbocycles. The van der Waals surface area contributed by atoms with Gasteiger partial charge in [-0.2, -0.15) is 0 Å². The summed E-state index contributed by atoms with van der Waals surface area (Å²) in [6.45, 7) is 2.45. The number of hydrogen-bond donors (Lipinski definition) is 1. The van der Waals surface area contributed by atoms with E-state index in [2.05, 4.69) is 5.32 Å². The molecule has 10 heteroatoms. The second-order valence-electron chi connectivity index (χ2n) is 10.6. The molecule has 1 fully saturated rings. The molecule has 0 radical (unpaired) electrons. The van der Waals surface area contributed by atoms with E-state index in [1.807, 2.05) is 65.6 Å². The molecule has 1 amide bonds. The number of likely N-dealkylation sites (tertiary alicyclic amines) is 1. The van der Waals surface area contributed by atoms with E-state index < -0.39 is 16.1 Å². The summed E-state index contributed by atoms with van der Waals surface area (Å²) in [7, 11) is -3.40. The first-order chi connectivity index (χ1) is 19.2. The van der Waals surface area contributed by atoms with Gasteiger partial charge in [-0.05, 0) is 47.7 Å². The van der Waals surface area contributed by atoms with E-state index in [0.29, 0.717) is 55.7 Å². The molecule has 0 saturated carbocycles. The van der Waals surface area contributed by atoms with Gasteiger partial charge in [0, 0.05) is 41.6 Å². The van der Waals surface area contributed by atoms with E-state index in [-0.39, 0.29) is 17.9 Å². The zero-order valence-electron chi connectivity index (χ0n) is 22.4. The number of carbonyl (C=O) groups is 1. The van der Waals surface area contributed by atoms with E-state index in [9.17, 15) is 13.2 Å². The molecule has 2 heterocycles. The summed E-state index contributed by atoms with van der Waals surface area (Å²) < 4.78 is 32.6. The summed E-state index contributed by atoms with van der Waals surface area (Å²) in [5.41, 5.74) is 3.36. The Bertz CT molecular complexity index is 1460. The van der Waals surface area contributed by atoms with Crippen LogP contribution in [0.25, 0.3) is 0 Å². The second kappa shape index (κ2) is 12.1. The fourth-order valence-corrected chi connectivity index (χ4v) is 7.14. The van der Waals surface area contributed by atoms with Crippen molar-refractivity contribution >= 4 is 44.8 Å². The molecule has 3 aromatic rings. The number of ether oxygens (including phenoxy) is 1. The first kappa shape index (κ1) is 28.9. The predicted octanol–water partition coefficient (Wildman–Crippen LogP) is 5.01. The number of sulfonamides is 1. The Balaban J connectivity index is 1.28. The molecule has 2 aliphatic rings. The van der Waals surface area contributed by atoms with Gasteiger partial charge >= 0.3 is 0 Å². The summed E-state index contributed by atoms with van der Waals surface area (Å²) in [4.78, 5) is 15.7. The molecular weight excluding hydrogens is 569 g/mol. The highest BCUT2D eigenvalue weighted by molar-refractivity contribution is 7.92. The SMILES string of the molecule is CS(=O)(=O)N1CC2(CCN(C(=O)C(COCc3ccccc3)NCc3ccc(Cl)cc3Cl)CC2)c2ccccc21. The molecule has 2 aliphatic heterocycles. The molecule has 1 spiro atoms. The van der Waals surface area contributed by atoms with E-state index in [4.69, 9.17) is 27.9 Å². The zero-order chi connectivity index (χ0) is 28.3. The van der Waals surface area contributed by atoms with Crippen molar-refractivity contribution in [2.75, 3.05) is 36.8 Å². The van der Waals surface area contributed by atoms with E-state index in [1.165, 1.54) is 10.6 Å². The minimum Gasteiger partial charge on any atom is -0.375 e. The van der Waals surface area contributed by atoms with Gasteiger partial charge in [-0.3, -0.25) is 14.4 Å². The molecule has 1 saturated heterocycles. The second-order valence-corrected chi connectivity index (χ2v) is 13.3.